The first-order chi connectivity index (χ1) is 8.33. The molecule has 0 saturated carbocycles. The molecule has 0 aromatic heterocycles. The van der Waals surface area contributed by atoms with Gasteiger partial charge in [0, 0.05) is 6.54 Å². The minimum atomic E-state index is -0.846. The molecule has 0 heterocycles. The van der Waals surface area contributed by atoms with Crippen LogP contribution in [0.3, 0.4) is 0 Å². The predicted molar refractivity (Wildman–Crippen MR) is 81.0 cm³/mol. The summed E-state index contributed by atoms with van der Waals surface area (Å²) in [6.07, 6.45) is 0. The van der Waals surface area contributed by atoms with Crippen molar-refractivity contribution in [1.29, 1.82) is 0 Å². The molecule has 0 amide bonds. The average molecular weight is 381 g/mol. The van der Waals surface area contributed by atoms with E-state index in [9.17, 15) is 5.11 Å². The van der Waals surface area contributed by atoms with Gasteiger partial charge < -0.3 is 15.2 Å². The van der Waals surface area contributed by atoms with E-state index in [-0.39, 0.29) is 6.61 Å². The number of aliphatic hydroxyl groups is 1. The fourth-order valence-electron chi connectivity index (χ4n) is 1.37. The number of ether oxygens (including phenoxy) is 1. The average Bonchev–Trinajstić information content (AvgIpc) is 2.23. The van der Waals surface area contributed by atoms with Gasteiger partial charge in [0.15, 0.2) is 0 Å². The zero-order valence-electron chi connectivity index (χ0n) is 10.9. The Morgan fingerprint density at radius 1 is 1.28 bits per heavy atom. The summed E-state index contributed by atoms with van der Waals surface area (Å²) in [5, 5.41) is 12.9. The minimum absolute atomic E-state index is 0.247. The first-order valence-electron chi connectivity index (χ1n) is 5.87. The van der Waals surface area contributed by atoms with Gasteiger partial charge in [0.1, 0.15) is 12.4 Å². The summed E-state index contributed by atoms with van der Waals surface area (Å²) in [7, 11) is 0. The van der Waals surface area contributed by atoms with Crippen molar-refractivity contribution in [3.05, 3.63) is 26.6 Å². The Labute approximate surface area is 125 Å². The van der Waals surface area contributed by atoms with Crippen LogP contribution in [0.2, 0.25) is 0 Å². The molecule has 0 radical (unpaired) electrons. The van der Waals surface area contributed by atoms with E-state index in [1.807, 2.05) is 12.1 Å². The van der Waals surface area contributed by atoms with Crippen molar-refractivity contribution in [2.24, 2.45) is 0 Å². The van der Waals surface area contributed by atoms with Gasteiger partial charge in [0.2, 0.25) is 0 Å². The first-order valence-corrected chi connectivity index (χ1v) is 7.46. The van der Waals surface area contributed by atoms with Crippen molar-refractivity contribution < 1.29 is 9.84 Å². The Morgan fingerprint density at radius 3 is 2.28 bits per heavy atom. The Bertz CT molecular complexity index is 379. The van der Waals surface area contributed by atoms with Crippen LogP contribution in [0.15, 0.2) is 21.1 Å². The molecule has 1 rings (SSSR count). The molecule has 1 aromatic carbocycles. The molecule has 0 unspecified atom stereocenters. The highest BCUT2D eigenvalue weighted by Crippen LogP contribution is 2.35. The van der Waals surface area contributed by atoms with E-state index < -0.39 is 5.60 Å². The largest absolute Gasteiger partial charge is 0.488 e. The van der Waals surface area contributed by atoms with Gasteiger partial charge >= 0.3 is 0 Å². The van der Waals surface area contributed by atoms with Gasteiger partial charge in [-0.1, -0.05) is 6.92 Å². The highest BCUT2D eigenvalue weighted by Gasteiger charge is 2.16. The molecule has 1 aromatic rings. The number of rotatable bonds is 6. The molecule has 5 heteroatoms. The van der Waals surface area contributed by atoms with E-state index in [4.69, 9.17) is 4.74 Å². The van der Waals surface area contributed by atoms with Crippen LogP contribution in [0.25, 0.3) is 0 Å². The molecule has 3 nitrogen and oxygen atoms in total. The van der Waals surface area contributed by atoms with Gasteiger partial charge in [0.25, 0.3) is 0 Å². The lowest BCUT2D eigenvalue weighted by Crippen LogP contribution is -2.28. The van der Waals surface area contributed by atoms with E-state index in [0.717, 1.165) is 27.8 Å². The molecule has 0 aliphatic rings. The van der Waals surface area contributed by atoms with Crippen LogP contribution in [0.5, 0.6) is 5.75 Å². The van der Waals surface area contributed by atoms with Gasteiger partial charge in [0.05, 0.1) is 14.5 Å². The highest BCUT2D eigenvalue weighted by molar-refractivity contribution is 9.11. The minimum Gasteiger partial charge on any atom is -0.488 e. The standard InChI is InChI=1S/C13H19Br2NO2/c1-4-16-7-9-5-10(14)12(11(15)6-9)18-8-13(2,3)17/h5-6,16-17H,4,7-8H2,1-3H3. The van der Waals surface area contributed by atoms with Crippen LogP contribution in [0, 0.1) is 0 Å². The van der Waals surface area contributed by atoms with Gasteiger partial charge in [-0.3, -0.25) is 0 Å². The lowest BCUT2D eigenvalue weighted by molar-refractivity contribution is 0.0279. The molecule has 0 bridgehead atoms. The van der Waals surface area contributed by atoms with Crippen molar-refractivity contribution in [3.8, 4) is 5.75 Å². The lowest BCUT2D eigenvalue weighted by Gasteiger charge is -2.19. The van der Waals surface area contributed by atoms with Gasteiger partial charge in [-0.05, 0) is 69.9 Å². The van der Waals surface area contributed by atoms with Crippen LogP contribution < -0.4 is 10.1 Å². The maximum atomic E-state index is 9.67. The fourth-order valence-corrected chi connectivity index (χ4v) is 2.88. The third kappa shape index (κ3) is 5.26. The van der Waals surface area contributed by atoms with Crippen molar-refractivity contribution in [2.45, 2.75) is 32.9 Å². The van der Waals surface area contributed by atoms with E-state index in [1.54, 1.807) is 13.8 Å². The summed E-state index contributed by atoms with van der Waals surface area (Å²) in [4.78, 5) is 0. The van der Waals surface area contributed by atoms with Crippen LogP contribution >= 0.6 is 31.9 Å². The second kappa shape index (κ2) is 6.89. The molecule has 18 heavy (non-hydrogen) atoms. The molecule has 0 atom stereocenters. The zero-order chi connectivity index (χ0) is 13.8. The second-order valence-electron chi connectivity index (χ2n) is 4.77. The quantitative estimate of drug-likeness (QED) is 0.793. The summed E-state index contributed by atoms with van der Waals surface area (Å²) < 4.78 is 7.39. The van der Waals surface area contributed by atoms with Crippen molar-refractivity contribution in [2.75, 3.05) is 13.2 Å². The van der Waals surface area contributed by atoms with Crippen LogP contribution in [0.4, 0.5) is 0 Å². The number of hydrogen-bond acceptors (Lipinski definition) is 3. The number of benzene rings is 1. The normalized spacial score (nSPS) is 11.7. The van der Waals surface area contributed by atoms with Crippen molar-refractivity contribution in [3.63, 3.8) is 0 Å². The number of hydrogen-bond donors (Lipinski definition) is 2. The van der Waals surface area contributed by atoms with Gasteiger partial charge in [-0.2, -0.15) is 0 Å². The first kappa shape index (κ1) is 16.0. The van der Waals surface area contributed by atoms with Crippen molar-refractivity contribution in [1.82, 2.24) is 5.32 Å². The SMILES string of the molecule is CCNCc1cc(Br)c(OCC(C)(C)O)c(Br)c1. The van der Waals surface area contributed by atoms with Crippen molar-refractivity contribution >= 4 is 31.9 Å². The summed E-state index contributed by atoms with van der Waals surface area (Å²) in [5.74, 6) is 0.720. The molecule has 0 fully saturated rings. The van der Waals surface area contributed by atoms with E-state index in [1.165, 1.54) is 5.56 Å². The van der Waals surface area contributed by atoms with Gasteiger partial charge in [-0.25, -0.2) is 0 Å². The van der Waals surface area contributed by atoms with Crippen LogP contribution in [-0.4, -0.2) is 23.9 Å². The molecule has 0 spiro atoms. The molecule has 2 N–H and O–H groups in total. The Morgan fingerprint density at radius 2 is 1.83 bits per heavy atom. The number of halogens is 2. The third-order valence-corrected chi connectivity index (χ3v) is 3.39. The third-order valence-electron chi connectivity index (χ3n) is 2.21. The predicted octanol–water partition coefficient (Wildman–Crippen LogP) is 3.47. The summed E-state index contributed by atoms with van der Waals surface area (Å²) in [5.41, 5.74) is 0.327. The fraction of sp³-hybridized carbons (Fsp3) is 0.538. The topological polar surface area (TPSA) is 41.5 Å². The summed E-state index contributed by atoms with van der Waals surface area (Å²) in [6, 6.07) is 4.04. The molecular formula is C13H19Br2NO2. The zero-order valence-corrected chi connectivity index (χ0v) is 14.1. The van der Waals surface area contributed by atoms with E-state index in [2.05, 4.69) is 44.1 Å². The molecule has 0 aliphatic heterocycles. The Hall–Kier alpha value is -0.100. The summed E-state index contributed by atoms with van der Waals surface area (Å²) in [6.45, 7) is 7.51. The molecular weight excluding hydrogens is 362 g/mol. The maximum Gasteiger partial charge on any atom is 0.147 e. The van der Waals surface area contributed by atoms with Gasteiger partial charge in [-0.15, -0.1) is 0 Å². The van der Waals surface area contributed by atoms with E-state index in [0.29, 0.717) is 0 Å². The van der Waals surface area contributed by atoms with Crippen LogP contribution in [0.1, 0.15) is 26.3 Å². The monoisotopic (exact) mass is 379 g/mol. The highest BCUT2D eigenvalue weighted by atomic mass is 79.9. The molecule has 0 aliphatic carbocycles. The molecule has 102 valence electrons. The lowest BCUT2D eigenvalue weighted by atomic mass is 10.1. The Balaban J connectivity index is 2.81. The smallest absolute Gasteiger partial charge is 0.147 e. The number of nitrogens with one attached hydrogen (secondary N) is 1. The maximum absolute atomic E-state index is 9.67. The Kier molecular flexibility index (Phi) is 6.11. The second-order valence-corrected chi connectivity index (χ2v) is 6.48. The van der Waals surface area contributed by atoms with E-state index >= 15 is 0 Å². The summed E-state index contributed by atoms with van der Waals surface area (Å²) >= 11 is 6.99. The van der Waals surface area contributed by atoms with Crippen LogP contribution in [-0.2, 0) is 6.54 Å². The molecule has 0 saturated heterocycles.